The third-order valence-corrected chi connectivity index (χ3v) is 4.69. The van der Waals surface area contributed by atoms with Gasteiger partial charge >= 0.3 is 0 Å². The molecule has 2 N–H and O–H groups in total. The van der Waals surface area contributed by atoms with Crippen LogP contribution >= 0.6 is 0 Å². The number of aromatic nitrogens is 3. The first-order chi connectivity index (χ1) is 12.7. The maximum Gasteiger partial charge on any atom is 0.259 e. The van der Waals surface area contributed by atoms with Gasteiger partial charge in [-0.05, 0) is 12.1 Å². The molecule has 0 saturated carbocycles. The van der Waals surface area contributed by atoms with E-state index < -0.39 is 0 Å². The van der Waals surface area contributed by atoms with Gasteiger partial charge in [0.1, 0.15) is 5.65 Å². The average molecular weight is 355 g/mol. The van der Waals surface area contributed by atoms with Gasteiger partial charge in [0.2, 0.25) is 5.91 Å². The van der Waals surface area contributed by atoms with Crippen molar-refractivity contribution in [2.45, 2.75) is 13.0 Å². The van der Waals surface area contributed by atoms with Crippen molar-refractivity contribution < 1.29 is 9.53 Å². The van der Waals surface area contributed by atoms with E-state index in [-0.39, 0.29) is 11.5 Å². The van der Waals surface area contributed by atoms with Crippen molar-refractivity contribution in [3.63, 3.8) is 0 Å². The Hall–Kier alpha value is -2.71. The Balaban J connectivity index is 1.44. The number of fused-ring (bicyclic) bond motifs is 3. The molecule has 136 valence electrons. The number of H-pyrrole nitrogens is 1. The second kappa shape index (κ2) is 7.27. The highest BCUT2D eigenvalue weighted by Gasteiger charge is 2.13. The maximum atomic E-state index is 12.3. The van der Waals surface area contributed by atoms with E-state index >= 15 is 0 Å². The Morgan fingerprint density at radius 3 is 2.92 bits per heavy atom. The van der Waals surface area contributed by atoms with Gasteiger partial charge in [-0.2, -0.15) is 5.10 Å². The highest BCUT2D eigenvalue weighted by atomic mass is 16.5. The van der Waals surface area contributed by atoms with Gasteiger partial charge in [-0.3, -0.25) is 14.5 Å². The summed E-state index contributed by atoms with van der Waals surface area (Å²) in [7, 11) is 0. The van der Waals surface area contributed by atoms with Crippen molar-refractivity contribution in [3.05, 3.63) is 46.4 Å². The van der Waals surface area contributed by atoms with E-state index in [1.807, 2.05) is 18.2 Å². The highest BCUT2D eigenvalue weighted by Crippen LogP contribution is 2.14. The fourth-order valence-corrected chi connectivity index (χ4v) is 3.22. The minimum atomic E-state index is -0.159. The van der Waals surface area contributed by atoms with Crippen molar-refractivity contribution in [2.24, 2.45) is 0 Å². The second-order valence-corrected chi connectivity index (χ2v) is 6.38. The number of amides is 1. The third kappa shape index (κ3) is 3.33. The summed E-state index contributed by atoms with van der Waals surface area (Å²) in [6.45, 7) is 4.26. The van der Waals surface area contributed by atoms with E-state index in [0.717, 1.165) is 43.9 Å². The number of rotatable bonds is 5. The van der Waals surface area contributed by atoms with Crippen LogP contribution in [0.3, 0.4) is 0 Å². The summed E-state index contributed by atoms with van der Waals surface area (Å²) < 4.78 is 7.00. The molecule has 2 aromatic heterocycles. The second-order valence-electron chi connectivity index (χ2n) is 6.38. The number of benzene rings is 1. The van der Waals surface area contributed by atoms with Crippen LogP contribution < -0.4 is 10.9 Å². The minimum Gasteiger partial charge on any atom is -0.379 e. The number of para-hydroxylation sites is 1. The molecule has 0 aliphatic carbocycles. The summed E-state index contributed by atoms with van der Waals surface area (Å²) in [4.78, 5) is 29.5. The van der Waals surface area contributed by atoms with E-state index in [9.17, 15) is 9.59 Å². The monoisotopic (exact) mass is 355 g/mol. The number of carbonyl (C=O) groups excluding carboxylic acids is 1. The summed E-state index contributed by atoms with van der Waals surface area (Å²) in [6.07, 6.45) is 2.12. The van der Waals surface area contributed by atoms with Crippen LogP contribution in [0.25, 0.3) is 16.6 Å². The molecule has 0 unspecified atom stereocenters. The number of hydrogen-bond donors (Lipinski definition) is 2. The van der Waals surface area contributed by atoms with Crippen molar-refractivity contribution in [1.82, 2.24) is 24.8 Å². The molecule has 0 radical (unpaired) electrons. The molecule has 3 aromatic rings. The third-order valence-electron chi connectivity index (χ3n) is 4.69. The number of nitrogens with one attached hydrogen (secondary N) is 2. The molecule has 26 heavy (non-hydrogen) atoms. The normalized spacial score (nSPS) is 15.5. The molecule has 8 heteroatoms. The van der Waals surface area contributed by atoms with Gasteiger partial charge in [-0.15, -0.1) is 0 Å². The topological polar surface area (TPSA) is 91.7 Å². The molecule has 3 heterocycles. The van der Waals surface area contributed by atoms with E-state index in [1.54, 1.807) is 16.8 Å². The maximum absolute atomic E-state index is 12.3. The first-order valence-corrected chi connectivity index (χ1v) is 8.77. The zero-order valence-corrected chi connectivity index (χ0v) is 14.4. The Bertz CT molecular complexity index is 987. The first kappa shape index (κ1) is 16.7. The molecule has 1 aliphatic heterocycles. The average Bonchev–Trinajstić information content (AvgIpc) is 3.09. The molecule has 0 spiro atoms. The van der Waals surface area contributed by atoms with Crippen LogP contribution in [0.5, 0.6) is 0 Å². The van der Waals surface area contributed by atoms with E-state index in [1.165, 1.54) is 0 Å². The standard InChI is InChI=1S/C18H21N5O3/c24-16(5-6-22-7-9-26-10-8-22)19-11-13-12-20-23-15-4-2-1-3-14(15)18(25)21-17(13)23/h1-4,12H,5-11H2,(H,19,24)(H,21,25). The zero-order chi connectivity index (χ0) is 17.9. The Kier molecular flexibility index (Phi) is 4.68. The van der Waals surface area contributed by atoms with E-state index in [4.69, 9.17) is 4.74 Å². The first-order valence-electron chi connectivity index (χ1n) is 8.77. The summed E-state index contributed by atoms with van der Waals surface area (Å²) >= 11 is 0. The van der Waals surface area contributed by atoms with Crippen LogP contribution in [0.1, 0.15) is 12.0 Å². The van der Waals surface area contributed by atoms with Crippen LogP contribution in [0.15, 0.2) is 35.3 Å². The fraction of sp³-hybridized carbons (Fsp3) is 0.389. The smallest absolute Gasteiger partial charge is 0.259 e. The van der Waals surface area contributed by atoms with Crippen molar-refractivity contribution >= 4 is 22.5 Å². The predicted molar refractivity (Wildman–Crippen MR) is 97.0 cm³/mol. The lowest BCUT2D eigenvalue weighted by molar-refractivity contribution is -0.121. The lowest BCUT2D eigenvalue weighted by atomic mass is 10.2. The minimum absolute atomic E-state index is 0.0148. The number of hydrogen-bond acceptors (Lipinski definition) is 5. The molecule has 1 aliphatic rings. The molecular weight excluding hydrogens is 334 g/mol. The number of ether oxygens (including phenoxy) is 1. The van der Waals surface area contributed by atoms with Crippen molar-refractivity contribution in [3.8, 4) is 0 Å². The molecule has 1 fully saturated rings. The van der Waals surface area contributed by atoms with E-state index in [0.29, 0.717) is 24.0 Å². The number of carbonyl (C=O) groups is 1. The number of nitrogens with zero attached hydrogens (tertiary/aromatic N) is 3. The molecule has 0 bridgehead atoms. The molecule has 1 saturated heterocycles. The summed E-state index contributed by atoms with van der Waals surface area (Å²) in [6, 6.07) is 7.32. The fourth-order valence-electron chi connectivity index (χ4n) is 3.22. The summed E-state index contributed by atoms with van der Waals surface area (Å²) in [5, 5.41) is 7.86. The highest BCUT2D eigenvalue weighted by molar-refractivity contribution is 5.80. The SMILES string of the molecule is O=C(CCN1CCOCC1)NCc1cnn2c1[nH]c(=O)c1ccccc12. The predicted octanol–water partition coefficient (Wildman–Crippen LogP) is 0.514. The quantitative estimate of drug-likeness (QED) is 0.696. The number of aromatic amines is 1. The molecule has 1 amide bonds. The van der Waals surface area contributed by atoms with Gasteiger partial charge in [0.15, 0.2) is 0 Å². The Morgan fingerprint density at radius 1 is 1.27 bits per heavy atom. The lowest BCUT2D eigenvalue weighted by Crippen LogP contribution is -2.38. The molecule has 1 aromatic carbocycles. The van der Waals surface area contributed by atoms with Crippen molar-refractivity contribution in [1.29, 1.82) is 0 Å². The zero-order valence-electron chi connectivity index (χ0n) is 14.4. The molecule has 0 atom stereocenters. The van der Waals surface area contributed by atoms with Gasteiger partial charge in [0.05, 0.1) is 30.3 Å². The van der Waals surface area contributed by atoms with Crippen LogP contribution in [0, 0.1) is 0 Å². The van der Waals surface area contributed by atoms with Gasteiger partial charge in [-0.25, -0.2) is 4.52 Å². The summed E-state index contributed by atoms with van der Waals surface area (Å²) in [5.41, 5.74) is 1.99. The van der Waals surface area contributed by atoms with E-state index in [2.05, 4.69) is 20.3 Å². The molecular formula is C18H21N5O3. The summed E-state index contributed by atoms with van der Waals surface area (Å²) in [5.74, 6) is -0.0148. The van der Waals surface area contributed by atoms with Crippen molar-refractivity contribution in [2.75, 3.05) is 32.8 Å². The van der Waals surface area contributed by atoms with Gasteiger partial charge < -0.3 is 15.0 Å². The van der Waals surface area contributed by atoms with Crippen LogP contribution in [0.4, 0.5) is 0 Å². The molecule has 8 nitrogen and oxygen atoms in total. The van der Waals surface area contributed by atoms with Crippen LogP contribution in [0.2, 0.25) is 0 Å². The largest absolute Gasteiger partial charge is 0.379 e. The Labute approximate surface area is 149 Å². The van der Waals surface area contributed by atoms with Gasteiger partial charge in [0.25, 0.3) is 5.56 Å². The number of morpholine rings is 1. The van der Waals surface area contributed by atoms with Gasteiger partial charge in [-0.1, -0.05) is 12.1 Å². The van der Waals surface area contributed by atoms with Crippen LogP contribution in [-0.4, -0.2) is 58.3 Å². The van der Waals surface area contributed by atoms with Gasteiger partial charge in [0, 0.05) is 38.2 Å². The van der Waals surface area contributed by atoms with Crippen LogP contribution in [-0.2, 0) is 16.1 Å². The molecule has 4 rings (SSSR count). The lowest BCUT2D eigenvalue weighted by Gasteiger charge is -2.26. The Morgan fingerprint density at radius 2 is 2.08 bits per heavy atom.